The van der Waals surface area contributed by atoms with Gasteiger partial charge in [0.1, 0.15) is 11.2 Å². The first-order valence-electron chi connectivity index (χ1n) is 16.1. The lowest BCUT2D eigenvalue weighted by Gasteiger charge is -2.12. The maximum absolute atomic E-state index is 6.55. The Morgan fingerprint density at radius 2 is 1.19 bits per heavy atom. The lowest BCUT2D eigenvalue weighted by atomic mass is 9.97. The van der Waals surface area contributed by atoms with E-state index in [0.29, 0.717) is 5.82 Å². The lowest BCUT2D eigenvalue weighted by molar-refractivity contribution is 0.669. The summed E-state index contributed by atoms with van der Waals surface area (Å²) in [6.45, 7) is 0. The van der Waals surface area contributed by atoms with Gasteiger partial charge in [-0.15, -0.1) is 11.3 Å². The highest BCUT2D eigenvalue weighted by Gasteiger charge is 2.21. The number of nitrogens with zero attached hydrogens (tertiary/aromatic N) is 2. The summed E-state index contributed by atoms with van der Waals surface area (Å²) in [5, 5.41) is 5.68. The van der Waals surface area contributed by atoms with Gasteiger partial charge in [0.25, 0.3) is 0 Å². The molecule has 0 unspecified atom stereocenters. The Morgan fingerprint density at radius 3 is 2.10 bits per heavy atom. The van der Waals surface area contributed by atoms with E-state index >= 15 is 0 Å². The second-order valence-electron chi connectivity index (χ2n) is 12.1. The number of rotatable bonds is 4. The van der Waals surface area contributed by atoms with E-state index in [4.69, 9.17) is 14.4 Å². The molecule has 0 bridgehead atoms. The monoisotopic (exact) mass is 630 g/mol. The highest BCUT2D eigenvalue weighted by molar-refractivity contribution is 7.26. The normalized spacial score (nSPS) is 11.8. The number of furan rings is 1. The molecule has 0 saturated heterocycles. The summed E-state index contributed by atoms with van der Waals surface area (Å²) in [6, 6.07) is 55.4. The van der Waals surface area contributed by atoms with Crippen molar-refractivity contribution in [1.82, 2.24) is 9.97 Å². The van der Waals surface area contributed by atoms with Gasteiger partial charge in [0.05, 0.1) is 15.9 Å². The van der Waals surface area contributed by atoms with E-state index in [2.05, 4.69) is 146 Å². The number of fused-ring (bicyclic) bond motifs is 7. The second-order valence-corrected chi connectivity index (χ2v) is 13.2. The molecule has 224 valence electrons. The van der Waals surface area contributed by atoms with Gasteiger partial charge >= 0.3 is 0 Å². The van der Waals surface area contributed by atoms with Crippen molar-refractivity contribution in [2.75, 3.05) is 0 Å². The molecule has 3 heterocycles. The average molecular weight is 631 g/mol. The first kappa shape index (κ1) is 27.1. The van der Waals surface area contributed by atoms with Crippen LogP contribution in [-0.4, -0.2) is 9.97 Å². The molecule has 10 rings (SSSR count). The van der Waals surface area contributed by atoms with Gasteiger partial charge in [0.15, 0.2) is 5.82 Å². The van der Waals surface area contributed by atoms with Crippen molar-refractivity contribution in [3.05, 3.63) is 158 Å². The van der Waals surface area contributed by atoms with Gasteiger partial charge in [-0.05, 0) is 63.4 Å². The second kappa shape index (κ2) is 10.7. The van der Waals surface area contributed by atoms with E-state index in [9.17, 15) is 0 Å². The molecule has 0 aliphatic heterocycles. The molecule has 3 nitrogen and oxygen atoms in total. The summed E-state index contributed by atoms with van der Waals surface area (Å²) in [5.74, 6) is 0.691. The van der Waals surface area contributed by atoms with Crippen molar-refractivity contribution in [3.63, 3.8) is 0 Å². The summed E-state index contributed by atoms with van der Waals surface area (Å²) in [4.78, 5) is 10.7. The van der Waals surface area contributed by atoms with E-state index in [-0.39, 0.29) is 0 Å². The first-order chi connectivity index (χ1) is 23.8. The summed E-state index contributed by atoms with van der Waals surface area (Å²) in [6.07, 6.45) is 0. The molecule has 0 amide bonds. The Labute approximate surface area is 280 Å². The third-order valence-electron chi connectivity index (χ3n) is 9.31. The number of aromatic nitrogens is 2. The van der Waals surface area contributed by atoms with Crippen molar-refractivity contribution in [2.24, 2.45) is 0 Å². The minimum Gasteiger partial charge on any atom is -0.456 e. The molecule has 0 aliphatic rings. The van der Waals surface area contributed by atoms with E-state index in [1.165, 1.54) is 15.5 Å². The molecule has 0 radical (unpaired) electrons. The van der Waals surface area contributed by atoms with Gasteiger partial charge in [-0.2, -0.15) is 0 Å². The maximum atomic E-state index is 6.55. The van der Waals surface area contributed by atoms with Crippen LogP contribution in [-0.2, 0) is 0 Å². The Bertz CT molecular complexity index is 2850. The quantitative estimate of drug-likeness (QED) is 0.194. The summed E-state index contributed by atoms with van der Waals surface area (Å²) < 4.78 is 8.84. The predicted molar refractivity (Wildman–Crippen MR) is 201 cm³/mol. The molecule has 0 aliphatic carbocycles. The zero-order valence-corrected chi connectivity index (χ0v) is 26.5. The van der Waals surface area contributed by atoms with Gasteiger partial charge in [-0.1, -0.05) is 127 Å². The Hall–Kier alpha value is -6.10. The number of benzene rings is 7. The summed E-state index contributed by atoms with van der Waals surface area (Å²) in [5.41, 5.74) is 10.2. The van der Waals surface area contributed by atoms with Crippen molar-refractivity contribution in [3.8, 4) is 44.9 Å². The molecule has 48 heavy (non-hydrogen) atoms. The van der Waals surface area contributed by atoms with Crippen LogP contribution in [0.5, 0.6) is 0 Å². The SMILES string of the molecule is c1ccc(-c2ccccc2-c2nc(-c3cccc4oc5cc(-c6ccc7ccccc7c6)ccc5c34)nc3c2sc2ccccc23)cc1. The third-order valence-corrected chi connectivity index (χ3v) is 10.5. The molecule has 7 aromatic carbocycles. The van der Waals surface area contributed by atoms with Gasteiger partial charge in [-0.25, -0.2) is 9.97 Å². The predicted octanol–water partition coefficient (Wildman–Crippen LogP) is 12.6. The van der Waals surface area contributed by atoms with Crippen LogP contribution >= 0.6 is 11.3 Å². The van der Waals surface area contributed by atoms with E-state index < -0.39 is 0 Å². The minimum atomic E-state index is 0.691. The Kier molecular flexibility index (Phi) is 6.05. The lowest BCUT2D eigenvalue weighted by Crippen LogP contribution is -1.95. The van der Waals surface area contributed by atoms with Crippen LogP contribution in [0.3, 0.4) is 0 Å². The smallest absolute Gasteiger partial charge is 0.161 e. The zero-order chi connectivity index (χ0) is 31.6. The molecule has 0 fully saturated rings. The minimum absolute atomic E-state index is 0.691. The van der Waals surface area contributed by atoms with Crippen molar-refractivity contribution < 1.29 is 4.42 Å². The van der Waals surface area contributed by atoms with Gasteiger partial charge in [-0.3, -0.25) is 0 Å². The average Bonchev–Trinajstić information content (AvgIpc) is 3.73. The molecule has 0 atom stereocenters. The highest BCUT2D eigenvalue weighted by Crippen LogP contribution is 2.44. The van der Waals surface area contributed by atoms with Crippen molar-refractivity contribution in [2.45, 2.75) is 0 Å². The zero-order valence-electron chi connectivity index (χ0n) is 25.7. The molecule has 3 aromatic heterocycles. The topological polar surface area (TPSA) is 38.9 Å². The Morgan fingerprint density at radius 1 is 0.458 bits per heavy atom. The molecule has 0 saturated carbocycles. The molecule has 0 spiro atoms. The van der Waals surface area contributed by atoms with Crippen LogP contribution < -0.4 is 0 Å². The number of thiophene rings is 1. The van der Waals surface area contributed by atoms with Gasteiger partial charge in [0, 0.05) is 32.0 Å². The Balaban J connectivity index is 1.21. The molecule has 4 heteroatoms. The van der Waals surface area contributed by atoms with Gasteiger partial charge < -0.3 is 4.42 Å². The standard InChI is InChI=1S/C44H26N2OS/c1-2-12-28(13-3-1)32-15-6-7-16-33(32)41-43-42(35-17-8-9-20-39(35)48-43)46-44(45-41)36-18-10-19-37-40(36)34-24-23-31(26-38(34)47-37)30-22-21-27-11-4-5-14-29(27)25-30/h1-26H. The summed E-state index contributed by atoms with van der Waals surface area (Å²) in [7, 11) is 0. The first-order valence-corrected chi connectivity index (χ1v) is 16.9. The van der Waals surface area contributed by atoms with Crippen LogP contribution in [0.25, 0.3) is 97.9 Å². The summed E-state index contributed by atoms with van der Waals surface area (Å²) >= 11 is 1.76. The van der Waals surface area contributed by atoms with E-state index in [0.717, 1.165) is 76.6 Å². The van der Waals surface area contributed by atoms with Gasteiger partial charge in [0.2, 0.25) is 0 Å². The fraction of sp³-hybridized carbons (Fsp3) is 0. The van der Waals surface area contributed by atoms with Crippen LogP contribution in [0.4, 0.5) is 0 Å². The van der Waals surface area contributed by atoms with Crippen molar-refractivity contribution in [1.29, 1.82) is 0 Å². The fourth-order valence-corrected chi connectivity index (χ4v) is 8.16. The third kappa shape index (κ3) is 4.27. The number of hydrogen-bond donors (Lipinski definition) is 0. The van der Waals surface area contributed by atoms with Crippen molar-refractivity contribution >= 4 is 64.4 Å². The van der Waals surface area contributed by atoms with Crippen LogP contribution in [0.1, 0.15) is 0 Å². The maximum Gasteiger partial charge on any atom is 0.161 e. The molecular weight excluding hydrogens is 605 g/mol. The van der Waals surface area contributed by atoms with E-state index in [1.54, 1.807) is 11.3 Å². The molecule has 0 N–H and O–H groups in total. The fourth-order valence-electron chi connectivity index (χ4n) is 7.01. The molecule has 10 aromatic rings. The van der Waals surface area contributed by atoms with Crippen LogP contribution in [0.15, 0.2) is 162 Å². The van der Waals surface area contributed by atoms with Crippen LogP contribution in [0, 0.1) is 0 Å². The van der Waals surface area contributed by atoms with Crippen LogP contribution in [0.2, 0.25) is 0 Å². The van der Waals surface area contributed by atoms with E-state index in [1.807, 2.05) is 12.1 Å². The largest absolute Gasteiger partial charge is 0.456 e. The number of hydrogen-bond acceptors (Lipinski definition) is 4. The highest BCUT2D eigenvalue weighted by atomic mass is 32.1. The molecular formula is C44H26N2OS.